The average molecular weight is 167 g/mol. The summed E-state index contributed by atoms with van der Waals surface area (Å²) in [6, 6.07) is 4.47. The SMILES string of the molecule is CC(N)C(c1ccc[nH]1)N(C)C. The maximum Gasteiger partial charge on any atom is 0.0643 e. The minimum Gasteiger partial charge on any atom is -0.364 e. The number of H-pyrrole nitrogens is 1. The first-order valence-electron chi connectivity index (χ1n) is 4.18. The van der Waals surface area contributed by atoms with Crippen LogP contribution in [0.25, 0.3) is 0 Å². The van der Waals surface area contributed by atoms with Gasteiger partial charge in [-0.25, -0.2) is 0 Å². The van der Waals surface area contributed by atoms with Crippen LogP contribution in [-0.4, -0.2) is 30.0 Å². The first kappa shape index (κ1) is 9.29. The highest BCUT2D eigenvalue weighted by molar-refractivity contribution is 5.11. The predicted octanol–water partition coefficient (Wildman–Crippen LogP) is 0.965. The highest BCUT2D eigenvalue weighted by Gasteiger charge is 2.18. The largest absolute Gasteiger partial charge is 0.364 e. The molecule has 3 nitrogen and oxygen atoms in total. The van der Waals surface area contributed by atoms with Crippen molar-refractivity contribution in [3.8, 4) is 0 Å². The van der Waals surface area contributed by atoms with Gasteiger partial charge in [-0.1, -0.05) is 0 Å². The minimum atomic E-state index is 0.138. The van der Waals surface area contributed by atoms with E-state index in [-0.39, 0.29) is 12.1 Å². The van der Waals surface area contributed by atoms with Gasteiger partial charge in [-0.3, -0.25) is 4.90 Å². The molecule has 0 aliphatic rings. The fraction of sp³-hybridized carbons (Fsp3) is 0.556. The Hall–Kier alpha value is -0.800. The van der Waals surface area contributed by atoms with E-state index in [0.29, 0.717) is 0 Å². The molecule has 1 aromatic rings. The van der Waals surface area contributed by atoms with Crippen molar-refractivity contribution in [1.82, 2.24) is 9.88 Å². The highest BCUT2D eigenvalue weighted by atomic mass is 15.1. The summed E-state index contributed by atoms with van der Waals surface area (Å²) in [7, 11) is 4.07. The van der Waals surface area contributed by atoms with Gasteiger partial charge in [0.2, 0.25) is 0 Å². The highest BCUT2D eigenvalue weighted by Crippen LogP contribution is 2.18. The van der Waals surface area contributed by atoms with Crippen LogP contribution < -0.4 is 5.73 Å². The first-order chi connectivity index (χ1) is 5.63. The monoisotopic (exact) mass is 167 g/mol. The van der Waals surface area contributed by atoms with E-state index in [9.17, 15) is 0 Å². The van der Waals surface area contributed by atoms with Crippen LogP contribution in [0.3, 0.4) is 0 Å². The summed E-state index contributed by atoms with van der Waals surface area (Å²) in [5.74, 6) is 0. The molecular formula is C9H17N3. The molecule has 2 unspecified atom stereocenters. The first-order valence-corrected chi connectivity index (χ1v) is 4.18. The molecule has 0 spiro atoms. The summed E-state index contributed by atoms with van der Waals surface area (Å²) >= 11 is 0. The fourth-order valence-corrected chi connectivity index (χ4v) is 1.56. The van der Waals surface area contributed by atoms with Gasteiger partial charge in [0, 0.05) is 17.9 Å². The van der Waals surface area contributed by atoms with E-state index in [1.807, 2.05) is 33.3 Å². The zero-order chi connectivity index (χ0) is 9.14. The molecule has 1 heterocycles. The van der Waals surface area contributed by atoms with E-state index < -0.39 is 0 Å². The third-order valence-corrected chi connectivity index (χ3v) is 2.00. The van der Waals surface area contributed by atoms with Crippen LogP contribution in [0.15, 0.2) is 18.3 Å². The Morgan fingerprint density at radius 1 is 1.50 bits per heavy atom. The molecule has 0 aromatic carbocycles. The molecule has 1 aromatic heterocycles. The number of nitrogens with zero attached hydrogens (tertiary/aromatic N) is 1. The number of rotatable bonds is 3. The minimum absolute atomic E-state index is 0.138. The van der Waals surface area contributed by atoms with Crippen LogP contribution in [-0.2, 0) is 0 Å². The van der Waals surface area contributed by atoms with Crippen molar-refractivity contribution < 1.29 is 0 Å². The molecule has 0 fully saturated rings. The van der Waals surface area contributed by atoms with Crippen LogP contribution in [0.2, 0.25) is 0 Å². The summed E-state index contributed by atoms with van der Waals surface area (Å²) in [5.41, 5.74) is 7.04. The molecule has 3 heteroatoms. The third kappa shape index (κ3) is 1.87. The molecule has 0 aliphatic heterocycles. The number of likely N-dealkylation sites (N-methyl/N-ethyl adjacent to an activating group) is 1. The number of aromatic nitrogens is 1. The molecule has 0 aliphatic carbocycles. The standard InChI is InChI=1S/C9H17N3/c1-7(10)9(12(2)3)8-5-4-6-11-8/h4-7,9,11H,10H2,1-3H3. The van der Waals surface area contributed by atoms with Crippen molar-refractivity contribution in [2.75, 3.05) is 14.1 Å². The number of hydrogen-bond donors (Lipinski definition) is 2. The Labute approximate surface area is 73.6 Å². The topological polar surface area (TPSA) is 45.1 Å². The van der Waals surface area contributed by atoms with Crippen LogP contribution in [0.4, 0.5) is 0 Å². The lowest BCUT2D eigenvalue weighted by Crippen LogP contribution is -2.35. The van der Waals surface area contributed by atoms with Crippen molar-refractivity contribution in [3.63, 3.8) is 0 Å². The predicted molar refractivity (Wildman–Crippen MR) is 50.9 cm³/mol. The van der Waals surface area contributed by atoms with Crippen molar-refractivity contribution in [2.24, 2.45) is 5.73 Å². The summed E-state index contributed by atoms with van der Waals surface area (Å²) < 4.78 is 0. The van der Waals surface area contributed by atoms with Crippen LogP contribution in [0, 0.1) is 0 Å². The van der Waals surface area contributed by atoms with Gasteiger partial charge in [0.25, 0.3) is 0 Å². The Kier molecular flexibility index (Phi) is 2.89. The van der Waals surface area contributed by atoms with Crippen LogP contribution in [0.5, 0.6) is 0 Å². The van der Waals surface area contributed by atoms with Gasteiger partial charge < -0.3 is 10.7 Å². The Morgan fingerprint density at radius 3 is 2.50 bits per heavy atom. The van der Waals surface area contributed by atoms with E-state index in [4.69, 9.17) is 5.73 Å². The van der Waals surface area contributed by atoms with Gasteiger partial charge in [-0.2, -0.15) is 0 Å². The lowest BCUT2D eigenvalue weighted by atomic mass is 10.1. The van der Waals surface area contributed by atoms with Gasteiger partial charge in [0.1, 0.15) is 0 Å². The zero-order valence-electron chi connectivity index (χ0n) is 7.91. The molecule has 0 radical (unpaired) electrons. The van der Waals surface area contributed by atoms with Gasteiger partial charge in [0.15, 0.2) is 0 Å². The zero-order valence-corrected chi connectivity index (χ0v) is 7.91. The number of hydrogen-bond acceptors (Lipinski definition) is 2. The van der Waals surface area contributed by atoms with Crippen LogP contribution >= 0.6 is 0 Å². The molecule has 12 heavy (non-hydrogen) atoms. The summed E-state index contributed by atoms with van der Waals surface area (Å²) in [6.07, 6.45) is 1.92. The van der Waals surface area contributed by atoms with E-state index in [2.05, 4.69) is 16.0 Å². The molecule has 2 atom stereocenters. The Bertz CT molecular complexity index is 206. The van der Waals surface area contributed by atoms with Gasteiger partial charge in [0.05, 0.1) is 6.04 Å². The van der Waals surface area contributed by atoms with Gasteiger partial charge in [-0.05, 0) is 33.2 Å². The molecule has 0 saturated heterocycles. The maximum absolute atomic E-state index is 5.87. The van der Waals surface area contributed by atoms with Crippen molar-refractivity contribution in [1.29, 1.82) is 0 Å². The normalized spacial score (nSPS) is 16.4. The smallest absolute Gasteiger partial charge is 0.0643 e. The molecule has 0 amide bonds. The number of nitrogens with one attached hydrogen (secondary N) is 1. The molecule has 3 N–H and O–H groups in total. The van der Waals surface area contributed by atoms with E-state index in [1.54, 1.807) is 0 Å². The lowest BCUT2D eigenvalue weighted by Gasteiger charge is -2.26. The fourth-order valence-electron chi connectivity index (χ4n) is 1.56. The van der Waals surface area contributed by atoms with Crippen molar-refractivity contribution in [2.45, 2.75) is 19.0 Å². The average Bonchev–Trinajstić information content (AvgIpc) is 2.37. The second-order valence-corrected chi connectivity index (χ2v) is 3.39. The second-order valence-electron chi connectivity index (χ2n) is 3.39. The van der Waals surface area contributed by atoms with Crippen LogP contribution in [0.1, 0.15) is 18.7 Å². The molecule has 68 valence electrons. The lowest BCUT2D eigenvalue weighted by molar-refractivity contribution is 0.261. The number of aromatic amines is 1. The quantitative estimate of drug-likeness (QED) is 0.704. The maximum atomic E-state index is 5.87. The summed E-state index contributed by atoms with van der Waals surface area (Å²) in [6.45, 7) is 2.02. The van der Waals surface area contributed by atoms with E-state index in [1.165, 1.54) is 5.69 Å². The Morgan fingerprint density at radius 2 is 2.17 bits per heavy atom. The second kappa shape index (κ2) is 3.74. The van der Waals surface area contributed by atoms with E-state index in [0.717, 1.165) is 0 Å². The third-order valence-electron chi connectivity index (χ3n) is 2.00. The van der Waals surface area contributed by atoms with Gasteiger partial charge in [-0.15, -0.1) is 0 Å². The van der Waals surface area contributed by atoms with Crippen molar-refractivity contribution in [3.05, 3.63) is 24.0 Å². The summed E-state index contributed by atoms with van der Waals surface area (Å²) in [5, 5.41) is 0. The molecular weight excluding hydrogens is 150 g/mol. The summed E-state index contributed by atoms with van der Waals surface area (Å²) in [4.78, 5) is 5.30. The molecule has 0 saturated carbocycles. The molecule has 0 bridgehead atoms. The number of nitrogens with two attached hydrogens (primary N) is 1. The Balaban J connectivity index is 2.81. The van der Waals surface area contributed by atoms with Gasteiger partial charge >= 0.3 is 0 Å². The molecule has 1 rings (SSSR count). The van der Waals surface area contributed by atoms with Crippen molar-refractivity contribution >= 4 is 0 Å². The van der Waals surface area contributed by atoms with E-state index >= 15 is 0 Å².